The quantitative estimate of drug-likeness (QED) is 0.813. The molecule has 2 rings (SSSR count). The van der Waals surface area contributed by atoms with Crippen LogP contribution in [0.3, 0.4) is 0 Å². The van der Waals surface area contributed by atoms with Crippen LogP contribution in [0.2, 0.25) is 0 Å². The zero-order chi connectivity index (χ0) is 12.1. The molecule has 1 aliphatic carbocycles. The number of piperazine rings is 1. The third-order valence-corrected chi connectivity index (χ3v) is 3.96. The van der Waals surface area contributed by atoms with Crippen LogP contribution in [0.1, 0.15) is 46.0 Å². The third-order valence-electron chi connectivity index (χ3n) is 3.96. The summed E-state index contributed by atoms with van der Waals surface area (Å²) in [6.45, 7) is 9.99. The lowest BCUT2D eigenvalue weighted by atomic mass is 9.98. The van der Waals surface area contributed by atoms with Crippen LogP contribution in [0.4, 0.5) is 0 Å². The van der Waals surface area contributed by atoms with Gasteiger partial charge in [-0.1, -0.05) is 19.3 Å². The maximum absolute atomic E-state index is 5.99. The maximum atomic E-state index is 5.99. The van der Waals surface area contributed by atoms with Crippen molar-refractivity contribution in [1.29, 1.82) is 0 Å². The second-order valence-electron chi connectivity index (χ2n) is 6.22. The van der Waals surface area contributed by atoms with Gasteiger partial charge in [-0.2, -0.15) is 0 Å². The van der Waals surface area contributed by atoms with Crippen molar-refractivity contribution in [3.8, 4) is 0 Å². The van der Waals surface area contributed by atoms with Gasteiger partial charge in [-0.3, -0.25) is 4.90 Å². The van der Waals surface area contributed by atoms with Gasteiger partial charge in [0, 0.05) is 31.7 Å². The highest BCUT2D eigenvalue weighted by molar-refractivity contribution is 4.86. The molecule has 0 unspecified atom stereocenters. The lowest BCUT2D eigenvalue weighted by molar-refractivity contribution is 0.00972. The van der Waals surface area contributed by atoms with Gasteiger partial charge < -0.3 is 10.1 Å². The van der Waals surface area contributed by atoms with Crippen molar-refractivity contribution >= 4 is 0 Å². The summed E-state index contributed by atoms with van der Waals surface area (Å²) >= 11 is 0. The van der Waals surface area contributed by atoms with E-state index in [2.05, 4.69) is 24.1 Å². The summed E-state index contributed by atoms with van der Waals surface area (Å²) in [5, 5.41) is 3.55. The number of hydrogen-bond acceptors (Lipinski definition) is 3. The van der Waals surface area contributed by atoms with Crippen LogP contribution < -0.4 is 5.32 Å². The molecule has 0 bridgehead atoms. The van der Waals surface area contributed by atoms with Gasteiger partial charge in [0.2, 0.25) is 0 Å². The van der Waals surface area contributed by atoms with E-state index in [9.17, 15) is 0 Å². The third kappa shape index (κ3) is 4.57. The smallest absolute Gasteiger partial charge is 0.0597 e. The lowest BCUT2D eigenvalue weighted by Gasteiger charge is -2.39. The Hall–Kier alpha value is -0.120. The van der Waals surface area contributed by atoms with Crippen LogP contribution in [-0.2, 0) is 4.74 Å². The molecule has 100 valence electrons. The summed E-state index contributed by atoms with van der Waals surface area (Å²) in [6.07, 6.45) is 7.27. The Morgan fingerprint density at radius 2 is 2.00 bits per heavy atom. The molecule has 0 amide bonds. The largest absolute Gasteiger partial charge is 0.377 e. The molecule has 3 heteroatoms. The topological polar surface area (TPSA) is 24.5 Å². The molecular weight excluding hydrogens is 212 g/mol. The van der Waals surface area contributed by atoms with Crippen LogP contribution in [0.5, 0.6) is 0 Å². The van der Waals surface area contributed by atoms with Crippen LogP contribution in [0.15, 0.2) is 0 Å². The molecule has 0 radical (unpaired) electrons. The second kappa shape index (κ2) is 6.17. The van der Waals surface area contributed by atoms with Gasteiger partial charge in [-0.15, -0.1) is 0 Å². The van der Waals surface area contributed by atoms with Gasteiger partial charge in [0.15, 0.2) is 0 Å². The van der Waals surface area contributed by atoms with E-state index in [0.29, 0.717) is 6.10 Å². The van der Waals surface area contributed by atoms with Crippen LogP contribution >= 0.6 is 0 Å². The minimum Gasteiger partial charge on any atom is -0.377 e. The molecule has 0 aromatic carbocycles. The zero-order valence-electron chi connectivity index (χ0n) is 11.5. The van der Waals surface area contributed by atoms with E-state index in [1.54, 1.807) is 0 Å². The first-order valence-electron chi connectivity index (χ1n) is 7.25. The SMILES string of the molecule is CC1(C)CN(CCOC2CCCCC2)CCN1. The summed E-state index contributed by atoms with van der Waals surface area (Å²) in [5.41, 5.74) is 0.267. The van der Waals surface area contributed by atoms with E-state index >= 15 is 0 Å². The molecule has 0 spiro atoms. The fourth-order valence-electron chi connectivity index (χ4n) is 3.02. The van der Waals surface area contributed by atoms with Gasteiger partial charge >= 0.3 is 0 Å². The molecule has 1 saturated heterocycles. The summed E-state index contributed by atoms with van der Waals surface area (Å²) in [4.78, 5) is 2.53. The van der Waals surface area contributed by atoms with Crippen molar-refractivity contribution in [3.63, 3.8) is 0 Å². The monoisotopic (exact) mass is 240 g/mol. The Kier molecular flexibility index (Phi) is 4.83. The fourth-order valence-corrected chi connectivity index (χ4v) is 3.02. The molecule has 1 aliphatic heterocycles. The van der Waals surface area contributed by atoms with Gasteiger partial charge in [0.1, 0.15) is 0 Å². The first-order chi connectivity index (χ1) is 8.16. The number of nitrogens with zero attached hydrogens (tertiary/aromatic N) is 1. The van der Waals surface area contributed by atoms with Gasteiger partial charge in [0.25, 0.3) is 0 Å². The van der Waals surface area contributed by atoms with Crippen molar-refractivity contribution in [2.75, 3.05) is 32.8 Å². The normalized spacial score (nSPS) is 27.2. The van der Waals surface area contributed by atoms with Gasteiger partial charge in [0.05, 0.1) is 12.7 Å². The van der Waals surface area contributed by atoms with Crippen molar-refractivity contribution in [2.45, 2.75) is 57.6 Å². The van der Waals surface area contributed by atoms with E-state index in [4.69, 9.17) is 4.74 Å². The number of hydrogen-bond donors (Lipinski definition) is 1. The average molecular weight is 240 g/mol. The first kappa shape index (κ1) is 13.3. The Morgan fingerprint density at radius 3 is 2.71 bits per heavy atom. The van der Waals surface area contributed by atoms with E-state index in [1.165, 1.54) is 32.1 Å². The first-order valence-corrected chi connectivity index (χ1v) is 7.25. The lowest BCUT2D eigenvalue weighted by Crippen LogP contribution is -2.57. The van der Waals surface area contributed by atoms with Crippen molar-refractivity contribution < 1.29 is 4.74 Å². The standard InChI is InChI=1S/C14H28N2O/c1-14(2)12-16(9-8-15-14)10-11-17-13-6-4-3-5-7-13/h13,15H,3-12H2,1-2H3. The molecule has 1 heterocycles. The molecule has 2 aliphatic rings. The minimum atomic E-state index is 0.267. The van der Waals surface area contributed by atoms with Crippen molar-refractivity contribution in [2.24, 2.45) is 0 Å². The highest BCUT2D eigenvalue weighted by Crippen LogP contribution is 2.20. The summed E-state index contributed by atoms with van der Waals surface area (Å²) in [6, 6.07) is 0. The van der Waals surface area contributed by atoms with E-state index in [0.717, 1.165) is 32.8 Å². The predicted octanol–water partition coefficient (Wildman–Crippen LogP) is 2.02. The fraction of sp³-hybridized carbons (Fsp3) is 1.00. The van der Waals surface area contributed by atoms with Crippen molar-refractivity contribution in [1.82, 2.24) is 10.2 Å². The molecule has 2 fully saturated rings. The van der Waals surface area contributed by atoms with Crippen LogP contribution in [0, 0.1) is 0 Å². The van der Waals surface area contributed by atoms with Crippen LogP contribution in [0.25, 0.3) is 0 Å². The second-order valence-corrected chi connectivity index (χ2v) is 6.22. The highest BCUT2D eigenvalue weighted by atomic mass is 16.5. The number of rotatable bonds is 4. The predicted molar refractivity (Wildman–Crippen MR) is 71.3 cm³/mol. The van der Waals surface area contributed by atoms with E-state index in [-0.39, 0.29) is 5.54 Å². The molecule has 1 N–H and O–H groups in total. The molecule has 0 aromatic heterocycles. The number of ether oxygens (including phenoxy) is 1. The Morgan fingerprint density at radius 1 is 1.24 bits per heavy atom. The molecular formula is C14H28N2O. The van der Waals surface area contributed by atoms with Crippen LogP contribution in [-0.4, -0.2) is 49.3 Å². The summed E-state index contributed by atoms with van der Waals surface area (Å²) in [5.74, 6) is 0. The van der Waals surface area contributed by atoms with Gasteiger partial charge in [-0.05, 0) is 26.7 Å². The summed E-state index contributed by atoms with van der Waals surface area (Å²) in [7, 11) is 0. The maximum Gasteiger partial charge on any atom is 0.0597 e. The van der Waals surface area contributed by atoms with Crippen molar-refractivity contribution in [3.05, 3.63) is 0 Å². The Bertz CT molecular complexity index is 224. The highest BCUT2D eigenvalue weighted by Gasteiger charge is 2.25. The van der Waals surface area contributed by atoms with Gasteiger partial charge in [-0.25, -0.2) is 0 Å². The summed E-state index contributed by atoms with van der Waals surface area (Å²) < 4.78 is 5.99. The molecule has 3 nitrogen and oxygen atoms in total. The van der Waals surface area contributed by atoms with E-state index < -0.39 is 0 Å². The molecule has 1 saturated carbocycles. The molecule has 17 heavy (non-hydrogen) atoms. The number of nitrogens with one attached hydrogen (secondary N) is 1. The Balaban J connectivity index is 1.61. The minimum absolute atomic E-state index is 0.267. The Labute approximate surface area is 106 Å². The van der Waals surface area contributed by atoms with E-state index in [1.807, 2.05) is 0 Å². The molecule has 0 aromatic rings. The average Bonchev–Trinajstić information content (AvgIpc) is 2.29. The zero-order valence-corrected chi connectivity index (χ0v) is 11.5. The molecule has 0 atom stereocenters.